The van der Waals surface area contributed by atoms with Gasteiger partial charge in [0.1, 0.15) is 19.3 Å². The summed E-state index contributed by atoms with van der Waals surface area (Å²) in [5, 5.41) is 3.06. The zero-order valence-corrected chi connectivity index (χ0v) is 51.5. The van der Waals surface area contributed by atoms with Crippen molar-refractivity contribution in [2.75, 3.05) is 40.9 Å². The van der Waals surface area contributed by atoms with Gasteiger partial charge in [0.15, 0.2) is 0 Å². The second-order valence-electron chi connectivity index (χ2n) is 23.3. The number of hydrogen-bond donors (Lipinski definition) is 2. The second-order valence-corrected chi connectivity index (χ2v) is 24.7. The number of amides is 1. The van der Waals surface area contributed by atoms with E-state index in [0.717, 1.165) is 70.6 Å². The van der Waals surface area contributed by atoms with Crippen LogP contribution < -0.4 is 5.32 Å². The van der Waals surface area contributed by atoms with E-state index in [1.807, 2.05) is 33.3 Å². The van der Waals surface area contributed by atoms with E-state index in [1.165, 1.54) is 212 Å². The summed E-state index contributed by atoms with van der Waals surface area (Å²) >= 11 is 0. The van der Waals surface area contributed by atoms with E-state index < -0.39 is 20.0 Å². The Labute approximate surface area is 466 Å². The summed E-state index contributed by atoms with van der Waals surface area (Å²) < 4.78 is 30.7. The van der Waals surface area contributed by atoms with Gasteiger partial charge in [0, 0.05) is 12.8 Å². The number of phosphoric ester groups is 1. The van der Waals surface area contributed by atoms with Gasteiger partial charge in [0.25, 0.3) is 0 Å². The van der Waals surface area contributed by atoms with Gasteiger partial charge in [0.05, 0.1) is 33.8 Å². The number of esters is 1. The quantitative estimate of drug-likeness (QED) is 0.0205. The number of phosphoric acid groups is 1. The first kappa shape index (κ1) is 73.2. The molecule has 0 aliphatic carbocycles. The minimum atomic E-state index is -4.45. The highest BCUT2D eigenvalue weighted by Gasteiger charge is 2.30. The van der Waals surface area contributed by atoms with Crippen LogP contribution in [0.15, 0.2) is 36.5 Å². The Hall–Kier alpha value is -1.77. The van der Waals surface area contributed by atoms with Gasteiger partial charge in [-0.15, -0.1) is 0 Å². The van der Waals surface area contributed by atoms with Crippen LogP contribution in [-0.2, 0) is 27.9 Å². The van der Waals surface area contributed by atoms with Crippen LogP contribution in [0.3, 0.4) is 0 Å². The zero-order valence-electron chi connectivity index (χ0n) is 50.6. The molecule has 0 rings (SSSR count). The van der Waals surface area contributed by atoms with Gasteiger partial charge in [-0.25, -0.2) is 4.57 Å². The number of nitrogens with one attached hydrogen (secondary N) is 1. The standard InChI is InChI=1S/C65H125N2O7P/c1-7-10-13-16-19-22-25-27-28-29-30-31-32-33-34-35-36-37-38-40-42-45-48-51-54-57-64(68)66-62(61-73-75(70,71)72-60-59-67(4,5)6)63(56-53-50-47-44-41-24-21-18-15-12-9-3)74-65(69)58-55-52-49-46-43-39-26-23-20-17-14-11-8-2/h27-28,39,43,53,56,62-63H,7-26,29-38,40-42,44-52,54-55,57-61H2,1-6H3,(H-,66,68,70,71)/p+1/b28-27+,43-39-,56-53-. The molecule has 0 aromatic heterocycles. The molecule has 1 amide bonds. The lowest BCUT2D eigenvalue weighted by atomic mass is 10.0. The third-order valence-corrected chi connectivity index (χ3v) is 15.5. The number of rotatable bonds is 59. The molecule has 0 spiro atoms. The molecular formula is C65H126N2O7P+. The third kappa shape index (κ3) is 56.8. The molecule has 0 radical (unpaired) electrons. The van der Waals surface area contributed by atoms with Gasteiger partial charge in [-0.3, -0.25) is 18.6 Å². The Morgan fingerprint density at radius 2 is 0.773 bits per heavy atom. The first-order valence-corrected chi connectivity index (χ1v) is 33.8. The predicted octanol–water partition coefficient (Wildman–Crippen LogP) is 19.9. The lowest BCUT2D eigenvalue weighted by Gasteiger charge is -2.27. The Bertz CT molecular complexity index is 1380. The van der Waals surface area contributed by atoms with Crippen molar-refractivity contribution in [2.45, 2.75) is 328 Å². The highest BCUT2D eigenvalue weighted by Crippen LogP contribution is 2.43. The van der Waals surface area contributed by atoms with E-state index in [-0.39, 0.29) is 31.5 Å². The van der Waals surface area contributed by atoms with E-state index in [4.69, 9.17) is 13.8 Å². The van der Waals surface area contributed by atoms with Crippen LogP contribution in [0.1, 0.15) is 316 Å². The van der Waals surface area contributed by atoms with E-state index in [0.29, 0.717) is 17.4 Å². The summed E-state index contributed by atoms with van der Waals surface area (Å²) in [5.41, 5.74) is 0. The molecule has 0 aromatic rings. The monoisotopic (exact) mass is 1080 g/mol. The molecule has 9 nitrogen and oxygen atoms in total. The Morgan fingerprint density at radius 1 is 0.453 bits per heavy atom. The summed E-state index contributed by atoms with van der Waals surface area (Å²) in [7, 11) is 1.50. The van der Waals surface area contributed by atoms with Crippen LogP contribution in [0.25, 0.3) is 0 Å². The molecule has 0 bridgehead atoms. The topological polar surface area (TPSA) is 111 Å². The van der Waals surface area contributed by atoms with Crippen LogP contribution in [0.4, 0.5) is 0 Å². The SMILES string of the molecule is CCCCCCCC/C=C\CCCCCC(=O)OC(/C=C\CCCCCCCCCCC)C(COP(=O)(O)OCC[N+](C)(C)C)NC(=O)CCCCCCCCCCCCCCCCC/C=C/CCCCCCCC. The van der Waals surface area contributed by atoms with Crippen molar-refractivity contribution in [1.82, 2.24) is 5.32 Å². The van der Waals surface area contributed by atoms with Gasteiger partial charge in [-0.05, 0) is 83.1 Å². The minimum absolute atomic E-state index is 0.0401. The molecule has 0 heterocycles. The second kappa shape index (κ2) is 55.5. The first-order chi connectivity index (χ1) is 36.4. The van der Waals surface area contributed by atoms with Crippen LogP contribution >= 0.6 is 7.82 Å². The maximum atomic E-state index is 13.5. The molecule has 442 valence electrons. The van der Waals surface area contributed by atoms with Crippen molar-refractivity contribution >= 4 is 19.7 Å². The summed E-state index contributed by atoms with van der Waals surface area (Å²) in [5.74, 6) is -0.512. The third-order valence-electron chi connectivity index (χ3n) is 14.6. The molecule has 0 aromatic carbocycles. The molecule has 3 unspecified atom stereocenters. The van der Waals surface area contributed by atoms with Gasteiger partial charge < -0.3 is 19.4 Å². The van der Waals surface area contributed by atoms with Crippen LogP contribution in [0.2, 0.25) is 0 Å². The smallest absolute Gasteiger partial charge is 0.456 e. The molecule has 75 heavy (non-hydrogen) atoms. The summed E-state index contributed by atoms with van der Waals surface area (Å²) in [6.45, 7) is 7.02. The predicted molar refractivity (Wildman–Crippen MR) is 323 cm³/mol. The Balaban J connectivity index is 5.03. The van der Waals surface area contributed by atoms with Gasteiger partial charge in [-0.2, -0.15) is 0 Å². The van der Waals surface area contributed by atoms with Crippen molar-refractivity contribution in [1.29, 1.82) is 0 Å². The van der Waals surface area contributed by atoms with Crippen molar-refractivity contribution in [3.05, 3.63) is 36.5 Å². The van der Waals surface area contributed by atoms with Crippen molar-refractivity contribution in [2.24, 2.45) is 0 Å². The van der Waals surface area contributed by atoms with Gasteiger partial charge >= 0.3 is 13.8 Å². The number of carbonyl (C=O) groups is 2. The highest BCUT2D eigenvalue weighted by atomic mass is 31.2. The van der Waals surface area contributed by atoms with Crippen molar-refractivity contribution in [3.8, 4) is 0 Å². The average molecular weight is 1080 g/mol. The van der Waals surface area contributed by atoms with Crippen LogP contribution in [0.5, 0.6) is 0 Å². The number of ether oxygens (including phenoxy) is 1. The first-order valence-electron chi connectivity index (χ1n) is 32.3. The lowest BCUT2D eigenvalue weighted by molar-refractivity contribution is -0.870. The van der Waals surface area contributed by atoms with Gasteiger partial charge in [-0.1, -0.05) is 257 Å². The highest BCUT2D eigenvalue weighted by molar-refractivity contribution is 7.47. The zero-order chi connectivity index (χ0) is 55.0. The molecule has 0 aliphatic heterocycles. The fourth-order valence-corrected chi connectivity index (χ4v) is 10.3. The fourth-order valence-electron chi connectivity index (χ4n) is 9.52. The van der Waals surface area contributed by atoms with Crippen molar-refractivity contribution < 1.29 is 37.3 Å². The minimum Gasteiger partial charge on any atom is -0.456 e. The molecule has 10 heteroatoms. The summed E-state index contributed by atoms with van der Waals surface area (Å²) in [6, 6.07) is -0.850. The number of unbranched alkanes of at least 4 members (excludes halogenated alkanes) is 39. The van der Waals surface area contributed by atoms with Crippen LogP contribution in [0, 0.1) is 0 Å². The number of likely N-dealkylation sites (N-methyl/N-ethyl adjacent to an activating group) is 1. The molecule has 0 fully saturated rings. The molecular weight excluding hydrogens is 952 g/mol. The van der Waals surface area contributed by atoms with E-state index in [1.54, 1.807) is 0 Å². The number of allylic oxidation sites excluding steroid dienone is 5. The molecule has 3 atom stereocenters. The van der Waals surface area contributed by atoms with E-state index in [9.17, 15) is 19.0 Å². The summed E-state index contributed by atoms with van der Waals surface area (Å²) in [4.78, 5) is 37.7. The molecule has 0 saturated carbocycles. The van der Waals surface area contributed by atoms with Crippen molar-refractivity contribution in [3.63, 3.8) is 0 Å². The number of carbonyl (C=O) groups excluding carboxylic acids is 2. The maximum absolute atomic E-state index is 13.5. The number of nitrogens with zero attached hydrogens (tertiary/aromatic N) is 1. The maximum Gasteiger partial charge on any atom is 0.472 e. The van der Waals surface area contributed by atoms with E-state index in [2.05, 4.69) is 50.4 Å². The molecule has 0 aliphatic rings. The lowest BCUT2D eigenvalue weighted by Crippen LogP contribution is -2.47. The number of hydrogen-bond acceptors (Lipinski definition) is 6. The Morgan fingerprint density at radius 3 is 1.15 bits per heavy atom. The van der Waals surface area contributed by atoms with Crippen LogP contribution in [-0.4, -0.2) is 74.3 Å². The molecule has 2 N–H and O–H groups in total. The molecule has 0 saturated heterocycles. The average Bonchev–Trinajstić information content (AvgIpc) is 3.37. The van der Waals surface area contributed by atoms with E-state index >= 15 is 0 Å². The largest absolute Gasteiger partial charge is 0.472 e. The number of quaternary nitrogens is 1. The Kier molecular flexibility index (Phi) is 54.2. The summed E-state index contributed by atoms with van der Waals surface area (Å²) in [6.07, 6.45) is 67.3. The fraction of sp³-hybridized carbons (Fsp3) is 0.877. The van der Waals surface area contributed by atoms with Gasteiger partial charge in [0.2, 0.25) is 5.91 Å². The normalized spacial score (nSPS) is 13.9.